The molecule has 0 spiro atoms. The van der Waals surface area contributed by atoms with Gasteiger partial charge in [0.2, 0.25) is 12.3 Å². The molecule has 0 aliphatic rings. The normalized spacial score (nSPS) is 12.0. The molecule has 0 saturated heterocycles. The predicted octanol–water partition coefficient (Wildman–Crippen LogP) is 2.20. The zero-order chi connectivity index (χ0) is 14.3. The molecule has 1 aromatic rings. The van der Waals surface area contributed by atoms with Crippen molar-refractivity contribution in [1.29, 1.82) is 0 Å². The van der Waals surface area contributed by atoms with Gasteiger partial charge in [-0.3, -0.25) is 9.59 Å². The first-order valence-corrected chi connectivity index (χ1v) is 6.60. The monoisotopic (exact) mass is 262 g/mol. The van der Waals surface area contributed by atoms with Gasteiger partial charge in [0.1, 0.15) is 0 Å². The smallest absolute Gasteiger partial charge is 0.222 e. The van der Waals surface area contributed by atoms with Crippen molar-refractivity contribution in [3.63, 3.8) is 0 Å². The highest BCUT2D eigenvalue weighted by Crippen LogP contribution is 2.16. The first kappa shape index (κ1) is 15.2. The van der Waals surface area contributed by atoms with Crippen LogP contribution in [0.25, 0.3) is 0 Å². The van der Waals surface area contributed by atoms with Gasteiger partial charge in [-0.05, 0) is 25.0 Å². The van der Waals surface area contributed by atoms with Crippen molar-refractivity contribution in [2.24, 2.45) is 5.92 Å². The van der Waals surface area contributed by atoms with Crippen LogP contribution in [-0.4, -0.2) is 24.9 Å². The first-order chi connectivity index (χ1) is 9.04. The number of nitrogens with zero attached hydrogens (tertiary/aromatic N) is 1. The highest BCUT2D eigenvalue weighted by atomic mass is 16.2. The lowest BCUT2D eigenvalue weighted by molar-refractivity contribution is -0.121. The van der Waals surface area contributed by atoms with Gasteiger partial charge in [-0.1, -0.05) is 32.0 Å². The summed E-state index contributed by atoms with van der Waals surface area (Å²) in [5.74, 6) is 0.402. The van der Waals surface area contributed by atoms with Crippen LogP contribution in [0.5, 0.6) is 0 Å². The average molecular weight is 262 g/mol. The summed E-state index contributed by atoms with van der Waals surface area (Å²) in [4.78, 5) is 24.5. The Kier molecular flexibility index (Phi) is 6.06. The summed E-state index contributed by atoms with van der Waals surface area (Å²) in [6.45, 7) is 6.63. The van der Waals surface area contributed by atoms with E-state index in [9.17, 15) is 9.59 Å². The minimum atomic E-state index is -0.160. The lowest BCUT2D eigenvalue weighted by Gasteiger charge is -2.24. The van der Waals surface area contributed by atoms with Gasteiger partial charge < -0.3 is 10.2 Å². The van der Waals surface area contributed by atoms with Gasteiger partial charge in [0, 0.05) is 24.7 Å². The van der Waals surface area contributed by atoms with Crippen LogP contribution in [0.15, 0.2) is 30.3 Å². The summed E-state index contributed by atoms with van der Waals surface area (Å²) in [5.41, 5.74) is 0.807. The number of amides is 2. The average Bonchev–Trinajstić information content (AvgIpc) is 2.38. The van der Waals surface area contributed by atoms with Crippen LogP contribution in [0.1, 0.15) is 27.2 Å². The maximum Gasteiger partial charge on any atom is 0.222 e. The number of nitrogens with one attached hydrogen (secondary N) is 1. The van der Waals surface area contributed by atoms with Crippen LogP contribution in [0.3, 0.4) is 0 Å². The van der Waals surface area contributed by atoms with E-state index in [0.29, 0.717) is 18.9 Å². The minimum absolute atomic E-state index is 0.0241. The molecule has 0 fully saturated rings. The molecule has 0 heterocycles. The third-order valence-electron chi connectivity index (χ3n) is 2.83. The van der Waals surface area contributed by atoms with Crippen LogP contribution in [0, 0.1) is 5.92 Å². The molecule has 104 valence electrons. The quantitative estimate of drug-likeness (QED) is 0.766. The fourth-order valence-corrected chi connectivity index (χ4v) is 1.78. The second-order valence-electron chi connectivity index (χ2n) is 5.10. The zero-order valence-electron chi connectivity index (χ0n) is 11.8. The second-order valence-corrected chi connectivity index (χ2v) is 5.10. The van der Waals surface area contributed by atoms with Crippen molar-refractivity contribution < 1.29 is 9.59 Å². The van der Waals surface area contributed by atoms with Gasteiger partial charge in [-0.25, -0.2) is 0 Å². The van der Waals surface area contributed by atoms with Crippen molar-refractivity contribution in [3.05, 3.63) is 30.3 Å². The molecule has 1 rings (SSSR count). The molecule has 0 aliphatic heterocycles. The van der Waals surface area contributed by atoms with Crippen molar-refractivity contribution in [3.8, 4) is 0 Å². The maximum absolute atomic E-state index is 11.8. The molecular weight excluding hydrogens is 240 g/mol. The van der Waals surface area contributed by atoms with Crippen molar-refractivity contribution in [2.75, 3.05) is 11.4 Å². The first-order valence-electron chi connectivity index (χ1n) is 6.60. The largest absolute Gasteiger partial charge is 0.356 e. The van der Waals surface area contributed by atoms with Crippen LogP contribution < -0.4 is 10.2 Å². The van der Waals surface area contributed by atoms with Gasteiger partial charge in [0.05, 0.1) is 0 Å². The van der Waals surface area contributed by atoms with E-state index in [1.165, 1.54) is 0 Å². The van der Waals surface area contributed by atoms with Gasteiger partial charge in [0.15, 0.2) is 0 Å². The zero-order valence-corrected chi connectivity index (χ0v) is 11.8. The number of benzene rings is 1. The molecule has 0 aliphatic carbocycles. The topological polar surface area (TPSA) is 49.4 Å². The fraction of sp³-hybridized carbons (Fsp3) is 0.467. The maximum atomic E-state index is 11.8. The Bertz CT molecular complexity index is 404. The minimum Gasteiger partial charge on any atom is -0.356 e. The summed E-state index contributed by atoms with van der Waals surface area (Å²) in [5, 5.41) is 2.86. The lowest BCUT2D eigenvalue weighted by Crippen LogP contribution is -2.37. The standard InChI is InChI=1S/C15H22N2O2/c1-12(2)10-16-15(19)9-13(3)17(11-18)14-7-5-4-6-8-14/h4-8,11-13H,9-10H2,1-3H3,(H,16,19). The number of hydrogen-bond donors (Lipinski definition) is 1. The summed E-state index contributed by atoms with van der Waals surface area (Å²) in [6.07, 6.45) is 1.08. The summed E-state index contributed by atoms with van der Waals surface area (Å²) < 4.78 is 0. The van der Waals surface area contributed by atoms with E-state index in [4.69, 9.17) is 0 Å². The van der Waals surface area contributed by atoms with E-state index in [-0.39, 0.29) is 11.9 Å². The second kappa shape index (κ2) is 7.56. The van der Waals surface area contributed by atoms with E-state index < -0.39 is 0 Å². The highest BCUT2D eigenvalue weighted by Gasteiger charge is 2.17. The third kappa shape index (κ3) is 5.12. The molecular formula is C15H22N2O2. The predicted molar refractivity (Wildman–Crippen MR) is 76.9 cm³/mol. The molecule has 0 saturated carbocycles. The van der Waals surface area contributed by atoms with E-state index in [1.54, 1.807) is 4.90 Å². The number of carbonyl (C=O) groups excluding carboxylic acids is 2. The molecule has 4 heteroatoms. The van der Waals surface area contributed by atoms with Gasteiger partial charge in [-0.2, -0.15) is 0 Å². The Morgan fingerprint density at radius 2 is 1.89 bits per heavy atom. The van der Waals surface area contributed by atoms with Crippen LogP contribution >= 0.6 is 0 Å². The highest BCUT2D eigenvalue weighted by molar-refractivity contribution is 5.81. The lowest BCUT2D eigenvalue weighted by atomic mass is 10.1. The Balaban J connectivity index is 2.57. The number of hydrogen-bond acceptors (Lipinski definition) is 2. The van der Waals surface area contributed by atoms with Crippen molar-refractivity contribution in [1.82, 2.24) is 5.32 Å². The summed E-state index contributed by atoms with van der Waals surface area (Å²) in [7, 11) is 0. The fourth-order valence-electron chi connectivity index (χ4n) is 1.78. The molecule has 19 heavy (non-hydrogen) atoms. The summed E-state index contributed by atoms with van der Waals surface area (Å²) in [6, 6.07) is 9.20. The van der Waals surface area contributed by atoms with E-state index >= 15 is 0 Å². The Morgan fingerprint density at radius 1 is 1.26 bits per heavy atom. The molecule has 1 aromatic carbocycles. The van der Waals surface area contributed by atoms with Gasteiger partial charge in [0.25, 0.3) is 0 Å². The Morgan fingerprint density at radius 3 is 2.42 bits per heavy atom. The Hall–Kier alpha value is -1.84. The molecule has 0 aromatic heterocycles. The number of rotatable bonds is 7. The van der Waals surface area contributed by atoms with E-state index in [0.717, 1.165) is 12.1 Å². The number of anilines is 1. The number of para-hydroxylation sites is 1. The van der Waals surface area contributed by atoms with Crippen molar-refractivity contribution in [2.45, 2.75) is 33.2 Å². The number of carbonyl (C=O) groups is 2. The van der Waals surface area contributed by atoms with Crippen LogP contribution in [0.2, 0.25) is 0 Å². The molecule has 0 bridgehead atoms. The van der Waals surface area contributed by atoms with Crippen molar-refractivity contribution >= 4 is 18.0 Å². The van der Waals surface area contributed by atoms with Gasteiger partial charge >= 0.3 is 0 Å². The molecule has 1 N–H and O–H groups in total. The van der Waals surface area contributed by atoms with E-state index in [1.807, 2.05) is 51.1 Å². The molecule has 1 atom stereocenters. The van der Waals surface area contributed by atoms with Gasteiger partial charge in [-0.15, -0.1) is 0 Å². The van der Waals surface area contributed by atoms with Crippen LogP contribution in [-0.2, 0) is 9.59 Å². The third-order valence-corrected chi connectivity index (χ3v) is 2.83. The molecule has 1 unspecified atom stereocenters. The Labute approximate surface area is 114 Å². The van der Waals surface area contributed by atoms with E-state index in [2.05, 4.69) is 5.32 Å². The molecule has 2 amide bonds. The summed E-state index contributed by atoms with van der Waals surface area (Å²) >= 11 is 0. The van der Waals surface area contributed by atoms with Crippen LogP contribution in [0.4, 0.5) is 5.69 Å². The molecule has 0 radical (unpaired) electrons. The molecule has 4 nitrogen and oxygen atoms in total. The SMILES string of the molecule is CC(C)CNC(=O)CC(C)N(C=O)c1ccccc1.